The Labute approximate surface area is 238 Å². The molecular formula is C33H32ClNO3S. The number of carbonyl (C=O) groups is 1. The van der Waals surface area contributed by atoms with E-state index < -0.39 is 5.97 Å². The number of anilines is 1. The molecule has 2 aromatic heterocycles. The minimum atomic E-state index is -0.925. The predicted molar refractivity (Wildman–Crippen MR) is 163 cm³/mol. The summed E-state index contributed by atoms with van der Waals surface area (Å²) in [5.74, 6) is 1.46. The molecule has 0 saturated heterocycles. The first-order valence-electron chi connectivity index (χ1n) is 13.3. The highest BCUT2D eigenvalue weighted by Crippen LogP contribution is 2.38. The second kappa shape index (κ2) is 11.7. The maximum atomic E-state index is 12.1. The first kappa shape index (κ1) is 27.0. The molecule has 0 fully saturated rings. The van der Waals surface area contributed by atoms with Gasteiger partial charge in [0, 0.05) is 33.5 Å². The summed E-state index contributed by atoms with van der Waals surface area (Å²) in [5.41, 5.74) is 6.21. The van der Waals surface area contributed by atoms with E-state index in [0.717, 1.165) is 51.0 Å². The van der Waals surface area contributed by atoms with Crippen LogP contribution in [0.4, 0.5) is 5.69 Å². The van der Waals surface area contributed by atoms with Crippen molar-refractivity contribution < 1.29 is 14.3 Å². The van der Waals surface area contributed by atoms with Gasteiger partial charge in [0.25, 0.3) is 0 Å². The quantitative estimate of drug-likeness (QED) is 0.226. The van der Waals surface area contributed by atoms with Gasteiger partial charge in [-0.25, -0.2) is 4.79 Å². The van der Waals surface area contributed by atoms with Crippen molar-refractivity contribution >= 4 is 40.7 Å². The third-order valence-corrected chi connectivity index (χ3v) is 8.80. The molecule has 1 aliphatic carbocycles. The fraction of sp³-hybridized carbons (Fsp3) is 0.242. The summed E-state index contributed by atoms with van der Waals surface area (Å²) in [4.78, 5) is 13.3. The lowest BCUT2D eigenvalue weighted by molar-refractivity contribution is 0.0703. The van der Waals surface area contributed by atoms with Gasteiger partial charge in [0.1, 0.15) is 16.4 Å². The Kier molecular flexibility index (Phi) is 8.10. The Morgan fingerprint density at radius 1 is 1.13 bits per heavy atom. The molecule has 39 heavy (non-hydrogen) atoms. The number of carboxylic acids is 1. The Hall–Kier alpha value is -3.54. The summed E-state index contributed by atoms with van der Waals surface area (Å²) < 4.78 is 6.20. The Balaban J connectivity index is 1.36. The Bertz CT molecular complexity index is 1540. The smallest absolute Gasteiger partial charge is 0.348 e. The van der Waals surface area contributed by atoms with Crippen LogP contribution in [0, 0.1) is 6.92 Å². The van der Waals surface area contributed by atoms with Gasteiger partial charge in [-0.1, -0.05) is 74.0 Å². The van der Waals surface area contributed by atoms with Gasteiger partial charge in [-0.3, -0.25) is 0 Å². The summed E-state index contributed by atoms with van der Waals surface area (Å²) in [7, 11) is 0. The molecule has 2 N–H and O–H groups in total. The highest BCUT2D eigenvalue weighted by atomic mass is 35.5. The second-order valence-corrected chi connectivity index (χ2v) is 11.6. The number of halogens is 1. The number of carboxylic acid groups (broad SMARTS) is 1. The molecule has 4 aromatic rings. The van der Waals surface area contributed by atoms with E-state index in [4.69, 9.17) is 16.0 Å². The number of hydrogen-bond donors (Lipinski definition) is 2. The number of hydrogen-bond acceptors (Lipinski definition) is 4. The number of allylic oxidation sites excluding steroid dienone is 3. The molecule has 0 aliphatic heterocycles. The molecule has 200 valence electrons. The second-order valence-electron chi connectivity index (χ2n) is 10.1. The number of aromatic carboxylic acids is 1. The van der Waals surface area contributed by atoms with E-state index in [0.29, 0.717) is 23.0 Å². The molecule has 6 heteroatoms. The average Bonchev–Trinajstić information content (AvgIpc) is 3.53. The first-order valence-corrected chi connectivity index (χ1v) is 14.5. The monoisotopic (exact) mass is 557 g/mol. The molecule has 0 amide bonds. The third kappa shape index (κ3) is 5.90. The van der Waals surface area contributed by atoms with Crippen LogP contribution in [0.5, 0.6) is 0 Å². The van der Waals surface area contributed by atoms with Crippen molar-refractivity contribution in [3.8, 4) is 21.8 Å². The number of aryl methyl sites for hydroxylation is 1. The van der Waals surface area contributed by atoms with Gasteiger partial charge in [0.05, 0.1) is 5.69 Å². The maximum absolute atomic E-state index is 12.1. The molecule has 2 heterocycles. The van der Waals surface area contributed by atoms with Crippen molar-refractivity contribution in [2.75, 3.05) is 11.9 Å². The SMILES string of the molecule is CCC(CNc1cc(-c2ccc(-c3cc4c(o3)C=CC=CCC4C)cc2)sc1C(=O)O)c1ccc(Cl)cc1C. The van der Waals surface area contributed by atoms with Crippen LogP contribution in [0.3, 0.4) is 0 Å². The van der Waals surface area contributed by atoms with Crippen LogP contribution in [0.25, 0.3) is 27.8 Å². The van der Waals surface area contributed by atoms with Crippen LogP contribution in [-0.4, -0.2) is 17.6 Å². The van der Waals surface area contributed by atoms with E-state index in [1.807, 2.05) is 54.6 Å². The van der Waals surface area contributed by atoms with Crippen LogP contribution in [0.15, 0.2) is 77.2 Å². The summed E-state index contributed by atoms with van der Waals surface area (Å²) >= 11 is 7.44. The van der Waals surface area contributed by atoms with Crippen LogP contribution >= 0.6 is 22.9 Å². The summed E-state index contributed by atoms with van der Waals surface area (Å²) in [6.45, 7) is 7.06. The molecule has 1 aliphatic rings. The van der Waals surface area contributed by atoms with E-state index in [9.17, 15) is 9.90 Å². The largest absolute Gasteiger partial charge is 0.477 e. The molecule has 5 rings (SSSR count). The van der Waals surface area contributed by atoms with Gasteiger partial charge in [-0.15, -0.1) is 11.3 Å². The lowest BCUT2D eigenvalue weighted by Gasteiger charge is -2.19. The van der Waals surface area contributed by atoms with Gasteiger partial charge >= 0.3 is 5.97 Å². The van der Waals surface area contributed by atoms with Crippen LogP contribution in [0.1, 0.15) is 70.6 Å². The van der Waals surface area contributed by atoms with Gasteiger partial charge in [0.15, 0.2) is 0 Å². The molecule has 0 spiro atoms. The topological polar surface area (TPSA) is 62.5 Å². The molecule has 2 aromatic carbocycles. The highest BCUT2D eigenvalue weighted by Gasteiger charge is 2.20. The number of fused-ring (bicyclic) bond motifs is 1. The van der Waals surface area contributed by atoms with E-state index in [1.54, 1.807) is 0 Å². The van der Waals surface area contributed by atoms with Crippen molar-refractivity contribution in [2.45, 2.75) is 45.4 Å². The molecule has 2 atom stereocenters. The lowest BCUT2D eigenvalue weighted by atomic mass is 9.92. The molecule has 0 radical (unpaired) electrons. The van der Waals surface area contributed by atoms with Crippen molar-refractivity contribution in [1.82, 2.24) is 0 Å². The number of furan rings is 1. The average molecular weight is 558 g/mol. The number of thiophene rings is 1. The van der Waals surface area contributed by atoms with Gasteiger partial charge in [0.2, 0.25) is 0 Å². The van der Waals surface area contributed by atoms with Crippen molar-refractivity contribution in [3.05, 3.63) is 105 Å². The van der Waals surface area contributed by atoms with E-state index in [1.165, 1.54) is 22.5 Å². The van der Waals surface area contributed by atoms with E-state index in [-0.39, 0.29) is 5.92 Å². The summed E-state index contributed by atoms with van der Waals surface area (Å²) in [5, 5.41) is 14.1. The summed E-state index contributed by atoms with van der Waals surface area (Å²) in [6, 6.07) is 18.2. The van der Waals surface area contributed by atoms with Crippen molar-refractivity contribution in [1.29, 1.82) is 0 Å². The molecule has 4 nitrogen and oxygen atoms in total. The molecule has 0 bridgehead atoms. The lowest BCUT2D eigenvalue weighted by Crippen LogP contribution is -2.14. The van der Waals surface area contributed by atoms with Gasteiger partial charge in [-0.2, -0.15) is 0 Å². The first-order chi connectivity index (χ1) is 18.8. The fourth-order valence-electron chi connectivity index (χ4n) is 5.13. The van der Waals surface area contributed by atoms with Crippen molar-refractivity contribution in [3.63, 3.8) is 0 Å². The van der Waals surface area contributed by atoms with Crippen LogP contribution in [0.2, 0.25) is 5.02 Å². The fourth-order valence-corrected chi connectivity index (χ4v) is 6.34. The normalized spacial score (nSPS) is 15.4. The number of benzene rings is 2. The van der Waals surface area contributed by atoms with Gasteiger partial charge in [-0.05, 0) is 72.7 Å². The zero-order valence-electron chi connectivity index (χ0n) is 22.3. The zero-order valence-corrected chi connectivity index (χ0v) is 23.9. The summed E-state index contributed by atoms with van der Waals surface area (Å²) in [6.07, 6.45) is 10.2. The van der Waals surface area contributed by atoms with Gasteiger partial charge < -0.3 is 14.8 Å². The minimum absolute atomic E-state index is 0.243. The minimum Gasteiger partial charge on any atom is -0.477 e. The van der Waals surface area contributed by atoms with E-state index in [2.05, 4.69) is 50.4 Å². The van der Waals surface area contributed by atoms with Crippen LogP contribution in [-0.2, 0) is 0 Å². The molecule has 2 unspecified atom stereocenters. The highest BCUT2D eigenvalue weighted by molar-refractivity contribution is 7.18. The molecular weight excluding hydrogens is 526 g/mol. The standard InChI is InChI=1S/C33H32ClNO3S/c1-4-22(26-15-14-25(34)16-21(26)3)19-35-28-18-31(39-32(28)33(36)37)24-12-10-23(11-13-24)30-17-27-20(2)8-6-5-7-9-29(27)38-30/h5-7,9-18,20,22,35H,4,8,19H2,1-3H3,(H,36,37). The van der Waals surface area contributed by atoms with E-state index >= 15 is 0 Å². The molecule has 0 saturated carbocycles. The van der Waals surface area contributed by atoms with Crippen molar-refractivity contribution in [2.24, 2.45) is 0 Å². The third-order valence-electron chi connectivity index (χ3n) is 7.39. The number of rotatable bonds is 8. The van der Waals surface area contributed by atoms with Crippen LogP contribution < -0.4 is 5.32 Å². The number of nitrogens with one attached hydrogen (secondary N) is 1. The Morgan fingerprint density at radius 3 is 2.62 bits per heavy atom. The Morgan fingerprint density at radius 2 is 1.90 bits per heavy atom. The predicted octanol–water partition coefficient (Wildman–Crippen LogP) is 10.0. The zero-order chi connectivity index (χ0) is 27.5. The maximum Gasteiger partial charge on any atom is 0.348 e.